The van der Waals surface area contributed by atoms with Gasteiger partial charge in [-0.05, 0) is 31.4 Å². The Kier molecular flexibility index (Phi) is 4.23. The minimum atomic E-state index is -2.61. The molecule has 5 heteroatoms. The van der Waals surface area contributed by atoms with Gasteiger partial charge in [0.2, 0.25) is 0 Å². The molecule has 0 bridgehead atoms. The molecular formula is C14H23F2N3. The first kappa shape index (κ1) is 14.4. The van der Waals surface area contributed by atoms with Crippen molar-refractivity contribution in [2.75, 3.05) is 13.1 Å². The molecule has 0 spiro atoms. The van der Waals surface area contributed by atoms with Crippen LogP contribution in [0.4, 0.5) is 8.78 Å². The minimum absolute atomic E-state index is 0.407. The molecule has 1 atom stereocenters. The maximum Gasteiger partial charge on any atom is 0.260 e. The van der Waals surface area contributed by atoms with Crippen molar-refractivity contribution >= 4 is 0 Å². The summed E-state index contributed by atoms with van der Waals surface area (Å²) in [5.74, 6) is -2.20. The van der Waals surface area contributed by atoms with E-state index in [0.29, 0.717) is 25.4 Å². The van der Waals surface area contributed by atoms with E-state index in [2.05, 4.69) is 18.9 Å². The Morgan fingerprint density at radius 3 is 2.79 bits per heavy atom. The lowest BCUT2D eigenvalue weighted by Gasteiger charge is -2.29. The van der Waals surface area contributed by atoms with Gasteiger partial charge in [-0.1, -0.05) is 13.8 Å². The maximum absolute atomic E-state index is 13.5. The Labute approximate surface area is 113 Å². The van der Waals surface area contributed by atoms with Crippen LogP contribution in [0.5, 0.6) is 0 Å². The lowest BCUT2D eigenvalue weighted by molar-refractivity contribution is -0.0529. The molecule has 1 aliphatic rings. The van der Waals surface area contributed by atoms with E-state index in [9.17, 15) is 8.78 Å². The fraction of sp³-hybridized carbons (Fsp3) is 0.786. The fourth-order valence-electron chi connectivity index (χ4n) is 2.91. The van der Waals surface area contributed by atoms with Gasteiger partial charge in [0.05, 0.1) is 12.6 Å². The van der Waals surface area contributed by atoms with Crippen molar-refractivity contribution in [2.24, 2.45) is 0 Å². The summed E-state index contributed by atoms with van der Waals surface area (Å²) in [7, 11) is 0. The molecule has 1 aromatic rings. The number of hydrogen-bond donors (Lipinski definition) is 0. The van der Waals surface area contributed by atoms with E-state index in [1.807, 2.05) is 15.6 Å². The summed E-state index contributed by atoms with van der Waals surface area (Å²) >= 11 is 0. The summed E-state index contributed by atoms with van der Waals surface area (Å²) in [6.45, 7) is 7.37. The van der Waals surface area contributed by atoms with Crippen LogP contribution >= 0.6 is 0 Å². The SMILES string of the molecule is CC(C)c1ccnn1CCN1CCCC1C(C)(F)F. The molecule has 2 heterocycles. The van der Waals surface area contributed by atoms with Gasteiger partial charge in [0.1, 0.15) is 0 Å². The van der Waals surface area contributed by atoms with Crippen LogP contribution in [0, 0.1) is 0 Å². The second-order valence-corrected chi connectivity index (χ2v) is 5.78. The molecule has 19 heavy (non-hydrogen) atoms. The van der Waals surface area contributed by atoms with E-state index in [1.54, 1.807) is 6.20 Å². The van der Waals surface area contributed by atoms with Crippen molar-refractivity contribution in [3.8, 4) is 0 Å². The third kappa shape index (κ3) is 3.32. The molecule has 1 aromatic heterocycles. The van der Waals surface area contributed by atoms with Crippen molar-refractivity contribution in [1.82, 2.24) is 14.7 Å². The summed E-state index contributed by atoms with van der Waals surface area (Å²) in [6.07, 6.45) is 3.25. The van der Waals surface area contributed by atoms with Gasteiger partial charge in [0.25, 0.3) is 5.92 Å². The van der Waals surface area contributed by atoms with Crippen LogP contribution in [0.1, 0.15) is 45.2 Å². The Morgan fingerprint density at radius 1 is 1.42 bits per heavy atom. The molecule has 0 radical (unpaired) electrons. The Balaban J connectivity index is 1.97. The number of aromatic nitrogens is 2. The maximum atomic E-state index is 13.5. The monoisotopic (exact) mass is 271 g/mol. The first-order valence-electron chi connectivity index (χ1n) is 7.03. The highest BCUT2D eigenvalue weighted by Crippen LogP contribution is 2.30. The smallest absolute Gasteiger partial charge is 0.260 e. The van der Waals surface area contributed by atoms with E-state index >= 15 is 0 Å². The average Bonchev–Trinajstić information content (AvgIpc) is 2.94. The van der Waals surface area contributed by atoms with Crippen LogP contribution in [0.15, 0.2) is 12.3 Å². The van der Waals surface area contributed by atoms with Gasteiger partial charge in [-0.15, -0.1) is 0 Å². The number of hydrogen-bond acceptors (Lipinski definition) is 2. The van der Waals surface area contributed by atoms with Crippen LogP contribution in [-0.4, -0.2) is 39.7 Å². The van der Waals surface area contributed by atoms with E-state index in [0.717, 1.165) is 19.9 Å². The normalized spacial score (nSPS) is 21.5. The van der Waals surface area contributed by atoms with Crippen molar-refractivity contribution < 1.29 is 8.78 Å². The van der Waals surface area contributed by atoms with E-state index < -0.39 is 12.0 Å². The van der Waals surface area contributed by atoms with Crippen LogP contribution < -0.4 is 0 Å². The highest BCUT2D eigenvalue weighted by Gasteiger charge is 2.40. The van der Waals surface area contributed by atoms with Gasteiger partial charge in [0, 0.05) is 25.4 Å². The minimum Gasteiger partial charge on any atom is -0.293 e. The van der Waals surface area contributed by atoms with Gasteiger partial charge in [-0.3, -0.25) is 9.58 Å². The first-order chi connectivity index (χ1) is 8.89. The lowest BCUT2D eigenvalue weighted by atomic mass is 10.1. The van der Waals surface area contributed by atoms with Gasteiger partial charge < -0.3 is 0 Å². The molecule has 3 nitrogen and oxygen atoms in total. The zero-order valence-electron chi connectivity index (χ0n) is 11.9. The molecule has 0 saturated carbocycles. The van der Waals surface area contributed by atoms with Crippen molar-refractivity contribution in [1.29, 1.82) is 0 Å². The molecular weight excluding hydrogens is 248 g/mol. The molecule has 1 saturated heterocycles. The van der Waals surface area contributed by atoms with E-state index in [1.165, 1.54) is 5.69 Å². The second kappa shape index (κ2) is 5.57. The van der Waals surface area contributed by atoms with Crippen molar-refractivity contribution in [2.45, 2.75) is 58.0 Å². The van der Waals surface area contributed by atoms with Crippen molar-refractivity contribution in [3.63, 3.8) is 0 Å². The van der Waals surface area contributed by atoms with Gasteiger partial charge in [-0.2, -0.15) is 5.10 Å². The van der Waals surface area contributed by atoms with Crippen molar-refractivity contribution in [3.05, 3.63) is 18.0 Å². The predicted octanol–water partition coefficient (Wildman–Crippen LogP) is 3.13. The molecule has 0 amide bonds. The number of alkyl halides is 2. The van der Waals surface area contributed by atoms with Crippen LogP contribution in [0.3, 0.4) is 0 Å². The van der Waals surface area contributed by atoms with Crippen LogP contribution in [0.2, 0.25) is 0 Å². The Morgan fingerprint density at radius 2 is 2.16 bits per heavy atom. The zero-order valence-corrected chi connectivity index (χ0v) is 11.9. The highest BCUT2D eigenvalue weighted by molar-refractivity contribution is 5.05. The molecule has 0 aromatic carbocycles. The Hall–Kier alpha value is -0.970. The van der Waals surface area contributed by atoms with Gasteiger partial charge in [0.15, 0.2) is 0 Å². The van der Waals surface area contributed by atoms with Gasteiger partial charge in [-0.25, -0.2) is 8.78 Å². The topological polar surface area (TPSA) is 21.1 Å². The summed E-state index contributed by atoms with van der Waals surface area (Å²) in [6, 6.07) is 1.39. The molecule has 0 aliphatic carbocycles. The summed E-state index contributed by atoms with van der Waals surface area (Å²) in [5.41, 5.74) is 1.17. The average molecular weight is 271 g/mol. The molecule has 1 aliphatic heterocycles. The molecule has 0 N–H and O–H groups in total. The van der Waals surface area contributed by atoms with E-state index in [4.69, 9.17) is 0 Å². The largest absolute Gasteiger partial charge is 0.293 e. The molecule has 2 rings (SSSR count). The highest BCUT2D eigenvalue weighted by atomic mass is 19.3. The number of rotatable bonds is 5. The first-order valence-corrected chi connectivity index (χ1v) is 7.03. The van der Waals surface area contributed by atoms with Crippen LogP contribution in [0.25, 0.3) is 0 Å². The second-order valence-electron chi connectivity index (χ2n) is 5.78. The van der Waals surface area contributed by atoms with Crippen LogP contribution in [-0.2, 0) is 6.54 Å². The quantitative estimate of drug-likeness (QED) is 0.820. The number of halogens is 2. The third-order valence-corrected chi connectivity index (χ3v) is 3.89. The molecule has 108 valence electrons. The standard InChI is InChI=1S/C14H23F2N3/c1-11(2)12-6-7-17-19(12)10-9-18-8-4-5-13(18)14(3,15)16/h6-7,11,13H,4-5,8-10H2,1-3H3. The number of nitrogens with zero attached hydrogens (tertiary/aromatic N) is 3. The zero-order chi connectivity index (χ0) is 14.0. The lowest BCUT2D eigenvalue weighted by Crippen LogP contribution is -2.43. The fourth-order valence-corrected chi connectivity index (χ4v) is 2.91. The van der Waals surface area contributed by atoms with E-state index in [-0.39, 0.29) is 0 Å². The summed E-state index contributed by atoms with van der Waals surface area (Å²) in [4.78, 5) is 1.91. The molecule has 1 unspecified atom stereocenters. The van der Waals surface area contributed by atoms with Gasteiger partial charge >= 0.3 is 0 Å². The summed E-state index contributed by atoms with van der Waals surface area (Å²) < 4.78 is 28.9. The third-order valence-electron chi connectivity index (χ3n) is 3.89. The number of likely N-dealkylation sites (tertiary alicyclic amines) is 1. The Bertz CT molecular complexity index is 409. The summed E-state index contributed by atoms with van der Waals surface area (Å²) in [5, 5.41) is 4.29. The molecule has 1 fully saturated rings. The predicted molar refractivity (Wildman–Crippen MR) is 71.5 cm³/mol.